The number of carbonyl (C=O) groups is 3. The lowest BCUT2D eigenvalue weighted by molar-refractivity contribution is -0.143. The van der Waals surface area contributed by atoms with E-state index in [-0.39, 0.29) is 30.0 Å². The molecule has 1 heterocycles. The molecule has 1 aliphatic heterocycles. The Morgan fingerprint density at radius 2 is 1.75 bits per heavy atom. The van der Waals surface area contributed by atoms with E-state index in [1.807, 2.05) is 12.1 Å². The Morgan fingerprint density at radius 3 is 2.47 bits per heavy atom. The minimum absolute atomic E-state index is 0.0346. The summed E-state index contributed by atoms with van der Waals surface area (Å²) < 4.78 is 34.6. The minimum Gasteiger partial charge on any atom is -0.487 e. The molecule has 2 amide bonds. The van der Waals surface area contributed by atoms with Gasteiger partial charge in [-0.25, -0.2) is 8.78 Å². The average Bonchev–Trinajstić information content (AvgIpc) is 3.27. The topological polar surface area (TPSA) is 105 Å². The fourth-order valence-electron chi connectivity index (χ4n) is 4.33. The van der Waals surface area contributed by atoms with Crippen LogP contribution in [0, 0.1) is 17.6 Å². The number of carbonyl (C=O) groups excluding carboxylic acids is 2. The van der Waals surface area contributed by atoms with Gasteiger partial charge in [0.1, 0.15) is 5.82 Å². The normalized spacial score (nSPS) is 20.9. The van der Waals surface area contributed by atoms with Crippen LogP contribution in [0.25, 0.3) is 0 Å². The van der Waals surface area contributed by atoms with Gasteiger partial charge in [-0.15, -0.1) is 11.8 Å². The van der Waals surface area contributed by atoms with E-state index in [0.29, 0.717) is 37.1 Å². The van der Waals surface area contributed by atoms with Crippen LogP contribution in [-0.4, -0.2) is 47.3 Å². The molecule has 2 aromatic carbocycles. The quantitative estimate of drug-likeness (QED) is 0.435. The van der Waals surface area contributed by atoms with Gasteiger partial charge < -0.3 is 20.5 Å². The Balaban J connectivity index is 1.23. The van der Waals surface area contributed by atoms with Crippen molar-refractivity contribution in [2.24, 2.45) is 5.92 Å². The Labute approximate surface area is 215 Å². The molecule has 0 radical (unpaired) electrons. The number of halogens is 3. The third-order valence-electron chi connectivity index (χ3n) is 6.28. The second kappa shape index (κ2) is 11.5. The molecule has 2 aromatic rings. The van der Waals surface area contributed by atoms with Crippen molar-refractivity contribution in [3.8, 4) is 5.75 Å². The highest BCUT2D eigenvalue weighted by molar-refractivity contribution is 8.01. The maximum Gasteiger partial charge on any atom is 0.306 e. The standard InChI is InChI=1S/C25H25ClF2N2O5S/c26-15-3-6-21-14(9-15)10-22(36-21)24(32)30-8-7-29-23(31)17-11-19(28)20(12-18(17)27)35-16-4-1-13(2-5-16)25(33)34/h3,6,9,11-13,16,22H,1-2,4-5,7-8,10H2,(H,29,31)(H,30,32)(H,33,34). The first-order valence-corrected chi connectivity index (χ1v) is 12.9. The molecule has 7 nitrogen and oxygen atoms in total. The van der Waals surface area contributed by atoms with Crippen LogP contribution in [0.3, 0.4) is 0 Å². The van der Waals surface area contributed by atoms with Crippen molar-refractivity contribution < 1.29 is 33.0 Å². The van der Waals surface area contributed by atoms with Crippen LogP contribution >= 0.6 is 23.4 Å². The summed E-state index contributed by atoms with van der Waals surface area (Å²) >= 11 is 7.44. The molecule has 2 aliphatic rings. The zero-order chi connectivity index (χ0) is 25.8. The fraction of sp³-hybridized carbons (Fsp3) is 0.400. The van der Waals surface area contributed by atoms with Crippen molar-refractivity contribution in [3.63, 3.8) is 0 Å². The van der Waals surface area contributed by atoms with Crippen LogP contribution in [0.4, 0.5) is 8.78 Å². The van der Waals surface area contributed by atoms with Crippen LogP contribution in [-0.2, 0) is 16.0 Å². The fourth-order valence-corrected chi connectivity index (χ4v) is 5.73. The molecule has 0 saturated heterocycles. The summed E-state index contributed by atoms with van der Waals surface area (Å²) in [5.41, 5.74) is 0.540. The van der Waals surface area contributed by atoms with Crippen LogP contribution < -0.4 is 15.4 Å². The summed E-state index contributed by atoms with van der Waals surface area (Å²) in [6.45, 7) is 0.163. The minimum atomic E-state index is -0.939. The van der Waals surface area contributed by atoms with E-state index >= 15 is 0 Å². The first kappa shape index (κ1) is 26.2. The molecule has 11 heteroatoms. The molecule has 1 atom stereocenters. The van der Waals surface area contributed by atoms with Gasteiger partial charge in [-0.1, -0.05) is 11.6 Å². The van der Waals surface area contributed by atoms with Gasteiger partial charge in [0.25, 0.3) is 5.91 Å². The third-order valence-corrected chi connectivity index (χ3v) is 7.84. The van der Waals surface area contributed by atoms with Crippen molar-refractivity contribution in [3.05, 3.63) is 58.1 Å². The molecule has 1 aliphatic carbocycles. The van der Waals surface area contributed by atoms with E-state index < -0.39 is 41.1 Å². The van der Waals surface area contributed by atoms with Gasteiger partial charge in [0.15, 0.2) is 11.6 Å². The predicted molar refractivity (Wildman–Crippen MR) is 131 cm³/mol. The van der Waals surface area contributed by atoms with E-state index in [4.69, 9.17) is 21.4 Å². The van der Waals surface area contributed by atoms with Crippen LogP contribution in [0.5, 0.6) is 5.75 Å². The molecule has 36 heavy (non-hydrogen) atoms. The largest absolute Gasteiger partial charge is 0.487 e. The van der Waals surface area contributed by atoms with Crippen molar-refractivity contribution in [1.29, 1.82) is 0 Å². The maximum absolute atomic E-state index is 14.5. The monoisotopic (exact) mass is 538 g/mol. The van der Waals surface area contributed by atoms with E-state index in [2.05, 4.69) is 10.6 Å². The Morgan fingerprint density at radius 1 is 1.03 bits per heavy atom. The number of aliphatic carboxylic acids is 1. The Kier molecular flexibility index (Phi) is 8.35. The second-order valence-electron chi connectivity index (χ2n) is 8.80. The number of hydrogen-bond acceptors (Lipinski definition) is 5. The molecule has 1 fully saturated rings. The van der Waals surface area contributed by atoms with E-state index in [0.717, 1.165) is 22.6 Å². The van der Waals surface area contributed by atoms with Crippen LogP contribution in [0.2, 0.25) is 5.02 Å². The molecule has 0 bridgehead atoms. The number of thioether (sulfide) groups is 1. The number of ether oxygens (including phenoxy) is 1. The summed E-state index contributed by atoms with van der Waals surface area (Å²) in [7, 11) is 0. The van der Waals surface area contributed by atoms with Gasteiger partial charge in [-0.05, 0) is 61.9 Å². The summed E-state index contributed by atoms with van der Waals surface area (Å²) in [5.74, 6) is -4.45. The number of nitrogens with one attached hydrogen (secondary N) is 2. The van der Waals surface area contributed by atoms with Crippen molar-refractivity contribution in [2.45, 2.75) is 48.4 Å². The van der Waals surface area contributed by atoms with Gasteiger partial charge in [-0.3, -0.25) is 14.4 Å². The maximum atomic E-state index is 14.5. The second-order valence-corrected chi connectivity index (χ2v) is 10.5. The first-order chi connectivity index (χ1) is 17.2. The number of hydrogen-bond donors (Lipinski definition) is 3. The lowest BCUT2D eigenvalue weighted by atomic mass is 9.87. The summed E-state index contributed by atoms with van der Waals surface area (Å²) in [5, 5.41) is 14.6. The lowest BCUT2D eigenvalue weighted by Crippen LogP contribution is -2.38. The molecular formula is C25H25ClF2N2O5S. The molecule has 0 spiro atoms. The number of rotatable bonds is 8. The van der Waals surface area contributed by atoms with E-state index in [9.17, 15) is 23.2 Å². The van der Waals surface area contributed by atoms with Gasteiger partial charge in [-0.2, -0.15) is 0 Å². The first-order valence-electron chi connectivity index (χ1n) is 11.6. The van der Waals surface area contributed by atoms with Gasteiger partial charge in [0.2, 0.25) is 5.91 Å². The van der Waals surface area contributed by atoms with E-state index in [1.165, 1.54) is 11.8 Å². The molecular weight excluding hydrogens is 514 g/mol. The SMILES string of the molecule is O=C(NCCNC(=O)C1Cc2cc(Cl)ccc2S1)c1cc(F)c(OC2CCC(C(=O)O)CC2)cc1F. The summed E-state index contributed by atoms with van der Waals surface area (Å²) in [6.07, 6.45) is 1.79. The number of benzene rings is 2. The van der Waals surface area contributed by atoms with Crippen molar-refractivity contribution >= 4 is 41.1 Å². The Bertz CT molecular complexity index is 1170. The number of amides is 2. The smallest absolute Gasteiger partial charge is 0.306 e. The molecule has 4 rings (SSSR count). The molecule has 3 N–H and O–H groups in total. The average molecular weight is 539 g/mol. The van der Waals surface area contributed by atoms with Gasteiger partial charge in [0.05, 0.1) is 22.8 Å². The Hall–Kier alpha value is -2.85. The van der Waals surface area contributed by atoms with Crippen LogP contribution in [0.1, 0.15) is 41.6 Å². The van der Waals surface area contributed by atoms with Crippen molar-refractivity contribution in [2.75, 3.05) is 13.1 Å². The highest BCUT2D eigenvalue weighted by atomic mass is 35.5. The molecule has 1 unspecified atom stereocenters. The summed E-state index contributed by atoms with van der Waals surface area (Å²) in [6, 6.07) is 7.10. The number of fused-ring (bicyclic) bond motifs is 1. The zero-order valence-electron chi connectivity index (χ0n) is 19.2. The van der Waals surface area contributed by atoms with Gasteiger partial charge >= 0.3 is 5.97 Å². The highest BCUT2D eigenvalue weighted by Gasteiger charge is 2.29. The lowest BCUT2D eigenvalue weighted by Gasteiger charge is -2.27. The zero-order valence-corrected chi connectivity index (χ0v) is 20.8. The number of carboxylic acid groups (broad SMARTS) is 1. The summed E-state index contributed by atoms with van der Waals surface area (Å²) in [4.78, 5) is 36.8. The highest BCUT2D eigenvalue weighted by Crippen LogP contribution is 2.38. The van der Waals surface area contributed by atoms with Crippen molar-refractivity contribution in [1.82, 2.24) is 10.6 Å². The molecule has 1 saturated carbocycles. The molecule has 192 valence electrons. The van der Waals surface area contributed by atoms with Crippen LogP contribution in [0.15, 0.2) is 35.2 Å². The third kappa shape index (κ3) is 6.28. The van der Waals surface area contributed by atoms with E-state index in [1.54, 1.807) is 6.07 Å². The molecule has 0 aromatic heterocycles. The number of carboxylic acids is 1. The predicted octanol–water partition coefficient (Wildman–Crippen LogP) is 4.20. The van der Waals surface area contributed by atoms with Gasteiger partial charge in [0, 0.05) is 29.1 Å².